The van der Waals surface area contributed by atoms with Crippen LogP contribution in [0.5, 0.6) is 0 Å². The van der Waals surface area contributed by atoms with E-state index in [-0.39, 0.29) is 11.2 Å². The molecule has 4 nitrogen and oxygen atoms in total. The molecule has 3 aromatic rings. The third kappa shape index (κ3) is 4.44. The lowest BCUT2D eigenvalue weighted by Gasteiger charge is -2.13. The van der Waals surface area contributed by atoms with Crippen molar-refractivity contribution in [3.63, 3.8) is 0 Å². The molecule has 1 atom stereocenters. The van der Waals surface area contributed by atoms with E-state index in [4.69, 9.17) is 0 Å². The molecule has 130 valence electrons. The van der Waals surface area contributed by atoms with Crippen molar-refractivity contribution in [1.82, 2.24) is 14.9 Å². The van der Waals surface area contributed by atoms with E-state index in [0.29, 0.717) is 13.1 Å². The third-order valence-corrected chi connectivity index (χ3v) is 5.62. The molecule has 0 aliphatic carbocycles. The summed E-state index contributed by atoms with van der Waals surface area (Å²) < 4.78 is 3.18. The summed E-state index contributed by atoms with van der Waals surface area (Å²) in [6.07, 6.45) is 0. The summed E-state index contributed by atoms with van der Waals surface area (Å²) >= 11 is 4.98. The SMILES string of the molecule is Cc1nc2ccccc2n1CCNC(=O)C(C)Sc1ccc(Br)cc1. The molecule has 3 rings (SSSR count). The van der Waals surface area contributed by atoms with Crippen LogP contribution in [-0.4, -0.2) is 27.3 Å². The fourth-order valence-electron chi connectivity index (χ4n) is 2.68. The van der Waals surface area contributed by atoms with Gasteiger partial charge in [0.1, 0.15) is 5.82 Å². The average molecular weight is 418 g/mol. The number of nitrogens with one attached hydrogen (secondary N) is 1. The minimum atomic E-state index is -0.137. The van der Waals surface area contributed by atoms with Crippen LogP contribution in [0.15, 0.2) is 57.9 Å². The Morgan fingerprint density at radius 3 is 2.72 bits per heavy atom. The van der Waals surface area contributed by atoms with E-state index in [1.54, 1.807) is 11.8 Å². The van der Waals surface area contributed by atoms with E-state index in [1.165, 1.54) is 0 Å². The number of carbonyl (C=O) groups excluding carboxylic acids is 1. The lowest BCUT2D eigenvalue weighted by Crippen LogP contribution is -2.33. The van der Waals surface area contributed by atoms with Gasteiger partial charge in [-0.25, -0.2) is 4.98 Å². The van der Waals surface area contributed by atoms with Crippen molar-refractivity contribution in [1.29, 1.82) is 0 Å². The van der Waals surface area contributed by atoms with Crippen LogP contribution in [0.4, 0.5) is 0 Å². The molecule has 1 amide bonds. The molecule has 0 fully saturated rings. The Bertz CT molecular complexity index is 876. The molecule has 0 spiro atoms. The normalized spacial score (nSPS) is 12.3. The molecule has 1 unspecified atom stereocenters. The van der Waals surface area contributed by atoms with Gasteiger partial charge in [0.05, 0.1) is 16.3 Å². The Balaban J connectivity index is 1.55. The summed E-state index contributed by atoms with van der Waals surface area (Å²) in [6.45, 7) is 5.23. The Morgan fingerprint density at radius 1 is 1.24 bits per heavy atom. The Hall–Kier alpha value is -1.79. The predicted molar refractivity (Wildman–Crippen MR) is 107 cm³/mol. The van der Waals surface area contributed by atoms with Crippen LogP contribution in [0.3, 0.4) is 0 Å². The van der Waals surface area contributed by atoms with Crippen molar-refractivity contribution >= 4 is 44.6 Å². The van der Waals surface area contributed by atoms with Crippen LogP contribution in [0, 0.1) is 6.92 Å². The number of fused-ring (bicyclic) bond motifs is 1. The minimum absolute atomic E-state index is 0.0509. The van der Waals surface area contributed by atoms with Gasteiger partial charge in [0.25, 0.3) is 0 Å². The molecule has 0 radical (unpaired) electrons. The smallest absolute Gasteiger partial charge is 0.233 e. The molecule has 2 aromatic carbocycles. The maximum Gasteiger partial charge on any atom is 0.233 e. The molecular weight excluding hydrogens is 398 g/mol. The van der Waals surface area contributed by atoms with Gasteiger partial charge in [-0.2, -0.15) is 0 Å². The zero-order valence-electron chi connectivity index (χ0n) is 14.2. The highest BCUT2D eigenvalue weighted by molar-refractivity contribution is 9.10. The maximum atomic E-state index is 12.3. The van der Waals surface area contributed by atoms with Gasteiger partial charge in [0.15, 0.2) is 0 Å². The second-order valence-corrected chi connectivity index (χ2v) is 8.13. The van der Waals surface area contributed by atoms with Crippen LogP contribution in [0.2, 0.25) is 0 Å². The fourth-order valence-corrected chi connectivity index (χ4v) is 3.84. The number of rotatable bonds is 6. The lowest BCUT2D eigenvalue weighted by molar-refractivity contribution is -0.120. The number of halogens is 1. The molecule has 0 saturated heterocycles. The van der Waals surface area contributed by atoms with Gasteiger partial charge in [0.2, 0.25) is 5.91 Å². The average Bonchev–Trinajstić information content (AvgIpc) is 2.92. The van der Waals surface area contributed by atoms with Gasteiger partial charge in [0, 0.05) is 22.5 Å². The van der Waals surface area contributed by atoms with E-state index in [0.717, 1.165) is 26.2 Å². The second-order valence-electron chi connectivity index (χ2n) is 5.80. The number of amides is 1. The number of aromatic nitrogens is 2. The van der Waals surface area contributed by atoms with Gasteiger partial charge < -0.3 is 9.88 Å². The second kappa shape index (κ2) is 8.06. The predicted octanol–water partition coefficient (Wildman–Crippen LogP) is 4.40. The first-order chi connectivity index (χ1) is 12.0. The van der Waals surface area contributed by atoms with E-state index in [9.17, 15) is 4.79 Å². The van der Waals surface area contributed by atoms with Crippen molar-refractivity contribution in [2.45, 2.75) is 30.5 Å². The van der Waals surface area contributed by atoms with Crippen molar-refractivity contribution in [2.24, 2.45) is 0 Å². The van der Waals surface area contributed by atoms with Crippen LogP contribution < -0.4 is 5.32 Å². The molecule has 0 saturated carbocycles. The summed E-state index contributed by atoms with van der Waals surface area (Å²) in [4.78, 5) is 18.0. The zero-order valence-corrected chi connectivity index (χ0v) is 16.6. The van der Waals surface area contributed by atoms with Gasteiger partial charge in [-0.3, -0.25) is 4.79 Å². The van der Waals surface area contributed by atoms with Gasteiger partial charge in [-0.05, 0) is 50.2 Å². The van der Waals surface area contributed by atoms with E-state index in [1.807, 2.05) is 56.3 Å². The number of hydrogen-bond donors (Lipinski definition) is 1. The number of carbonyl (C=O) groups is 1. The molecule has 25 heavy (non-hydrogen) atoms. The number of aryl methyl sites for hydroxylation is 1. The van der Waals surface area contributed by atoms with E-state index in [2.05, 4.69) is 36.9 Å². The molecule has 1 N–H and O–H groups in total. The first-order valence-corrected chi connectivity index (χ1v) is 9.83. The molecule has 0 bridgehead atoms. The molecule has 1 heterocycles. The van der Waals surface area contributed by atoms with Crippen LogP contribution in [-0.2, 0) is 11.3 Å². The van der Waals surface area contributed by atoms with Crippen molar-refractivity contribution in [3.05, 3.63) is 58.8 Å². The Labute approximate surface area is 160 Å². The third-order valence-electron chi connectivity index (χ3n) is 3.98. The molecule has 1 aromatic heterocycles. The van der Waals surface area contributed by atoms with Crippen molar-refractivity contribution in [3.8, 4) is 0 Å². The number of hydrogen-bond acceptors (Lipinski definition) is 3. The maximum absolute atomic E-state index is 12.3. The van der Waals surface area contributed by atoms with Crippen molar-refractivity contribution < 1.29 is 4.79 Å². The van der Waals surface area contributed by atoms with E-state index >= 15 is 0 Å². The number of thioether (sulfide) groups is 1. The largest absolute Gasteiger partial charge is 0.353 e. The summed E-state index contributed by atoms with van der Waals surface area (Å²) in [5, 5.41) is 2.89. The number of nitrogens with zero attached hydrogens (tertiary/aromatic N) is 2. The van der Waals surface area contributed by atoms with Crippen LogP contribution in [0.25, 0.3) is 11.0 Å². The number of benzene rings is 2. The van der Waals surface area contributed by atoms with Crippen LogP contribution >= 0.6 is 27.7 Å². The molecule has 0 aliphatic rings. The Morgan fingerprint density at radius 2 is 1.96 bits per heavy atom. The zero-order chi connectivity index (χ0) is 17.8. The highest BCUT2D eigenvalue weighted by atomic mass is 79.9. The van der Waals surface area contributed by atoms with Gasteiger partial charge in [-0.1, -0.05) is 28.1 Å². The monoisotopic (exact) mass is 417 g/mol. The highest BCUT2D eigenvalue weighted by Gasteiger charge is 2.14. The molecule has 6 heteroatoms. The van der Waals surface area contributed by atoms with Crippen LogP contribution in [0.1, 0.15) is 12.7 Å². The number of para-hydroxylation sites is 2. The summed E-state index contributed by atoms with van der Waals surface area (Å²) in [6, 6.07) is 16.1. The summed E-state index contributed by atoms with van der Waals surface area (Å²) in [5.41, 5.74) is 2.09. The highest BCUT2D eigenvalue weighted by Crippen LogP contribution is 2.24. The van der Waals surface area contributed by atoms with Gasteiger partial charge >= 0.3 is 0 Å². The molecule has 0 aliphatic heterocycles. The number of imidazole rings is 1. The lowest BCUT2D eigenvalue weighted by atomic mass is 10.3. The van der Waals surface area contributed by atoms with Gasteiger partial charge in [-0.15, -0.1) is 11.8 Å². The van der Waals surface area contributed by atoms with E-state index < -0.39 is 0 Å². The summed E-state index contributed by atoms with van der Waals surface area (Å²) in [5.74, 6) is 1.02. The standard InChI is InChI=1S/C19H20BrN3OS/c1-13(25-16-9-7-15(20)8-10-16)19(24)21-11-12-23-14(2)22-17-5-3-4-6-18(17)23/h3-10,13H,11-12H2,1-2H3,(H,21,24). The quantitative estimate of drug-likeness (QED) is 0.604. The topological polar surface area (TPSA) is 46.9 Å². The molecular formula is C19H20BrN3OS. The Kier molecular flexibility index (Phi) is 5.81. The first kappa shape index (κ1) is 18.0. The van der Waals surface area contributed by atoms with Crippen molar-refractivity contribution in [2.75, 3.05) is 6.54 Å². The first-order valence-electron chi connectivity index (χ1n) is 8.16. The minimum Gasteiger partial charge on any atom is -0.353 e. The fraction of sp³-hybridized carbons (Fsp3) is 0.263. The summed E-state index contributed by atoms with van der Waals surface area (Å²) in [7, 11) is 0.